The molecule has 1 unspecified atom stereocenters. The maximum Gasteiger partial charge on any atom is 0.155 e. The van der Waals surface area contributed by atoms with E-state index in [2.05, 4.69) is 31.2 Å². The van der Waals surface area contributed by atoms with Gasteiger partial charge in [-0.25, -0.2) is 18.4 Å². The summed E-state index contributed by atoms with van der Waals surface area (Å²) in [4.78, 5) is 8.38. The van der Waals surface area contributed by atoms with Crippen LogP contribution in [0.25, 0.3) is 5.65 Å². The van der Waals surface area contributed by atoms with Crippen molar-refractivity contribution in [1.29, 1.82) is 0 Å². The molecular weight excluding hydrogens is 344 g/mol. The molecule has 2 aromatic heterocycles. The third kappa shape index (κ3) is 2.72. The van der Waals surface area contributed by atoms with E-state index in [0.717, 1.165) is 28.8 Å². The lowest BCUT2D eigenvalue weighted by Crippen LogP contribution is -2.30. The van der Waals surface area contributed by atoms with Crippen LogP contribution >= 0.6 is 15.9 Å². The fourth-order valence-electron chi connectivity index (χ4n) is 2.50. The van der Waals surface area contributed by atoms with Gasteiger partial charge in [-0.1, -0.05) is 0 Å². The van der Waals surface area contributed by atoms with Crippen molar-refractivity contribution in [2.24, 2.45) is 0 Å². The molecule has 1 atom stereocenters. The smallest absolute Gasteiger partial charge is 0.155 e. The second-order valence-corrected chi connectivity index (χ2v) is 8.16. The Labute approximate surface area is 125 Å². The van der Waals surface area contributed by atoms with Crippen molar-refractivity contribution in [2.75, 3.05) is 12.3 Å². The summed E-state index contributed by atoms with van der Waals surface area (Å²) in [6.45, 7) is 1.09. The van der Waals surface area contributed by atoms with E-state index in [1.165, 1.54) is 0 Å². The van der Waals surface area contributed by atoms with Gasteiger partial charge in [0.25, 0.3) is 0 Å². The van der Waals surface area contributed by atoms with Crippen LogP contribution in [0.2, 0.25) is 0 Å². The van der Waals surface area contributed by atoms with Crippen LogP contribution in [0.1, 0.15) is 18.5 Å². The van der Waals surface area contributed by atoms with Crippen LogP contribution in [-0.4, -0.2) is 40.3 Å². The number of imidazole rings is 1. The quantitative estimate of drug-likeness (QED) is 0.887. The predicted octanol–water partition coefficient (Wildman–Crippen LogP) is 1.16. The standard InChI is InChI=1S/C12H15BrN4O2S/c13-11-8-17-9(5-16-12(17)7-15-11)4-14-6-10-2-1-3-20(10,18)19/h5,7-8,10,14H,1-4,6H2. The van der Waals surface area contributed by atoms with Crippen LogP contribution in [0.5, 0.6) is 0 Å². The van der Waals surface area contributed by atoms with Gasteiger partial charge in [0, 0.05) is 19.3 Å². The van der Waals surface area contributed by atoms with Crippen LogP contribution < -0.4 is 5.32 Å². The van der Waals surface area contributed by atoms with E-state index in [1.54, 1.807) is 12.4 Å². The number of hydrogen-bond donors (Lipinski definition) is 1. The summed E-state index contributed by atoms with van der Waals surface area (Å²) in [6, 6.07) is 0. The Bertz CT molecular complexity index is 728. The molecule has 0 bridgehead atoms. The molecule has 1 fully saturated rings. The summed E-state index contributed by atoms with van der Waals surface area (Å²) >= 11 is 3.33. The Kier molecular flexibility index (Phi) is 3.78. The first-order chi connectivity index (χ1) is 9.56. The molecule has 0 aromatic carbocycles. The lowest BCUT2D eigenvalue weighted by atomic mass is 10.2. The summed E-state index contributed by atoms with van der Waals surface area (Å²) in [5.74, 6) is 0.327. The third-order valence-electron chi connectivity index (χ3n) is 3.58. The lowest BCUT2D eigenvalue weighted by Gasteiger charge is -2.10. The molecule has 6 nitrogen and oxygen atoms in total. The number of rotatable bonds is 4. The van der Waals surface area contributed by atoms with Gasteiger partial charge in [-0.15, -0.1) is 0 Å². The molecule has 108 valence electrons. The molecule has 0 aliphatic carbocycles. The van der Waals surface area contributed by atoms with Gasteiger partial charge < -0.3 is 5.32 Å². The normalized spacial score (nSPS) is 21.6. The molecule has 20 heavy (non-hydrogen) atoms. The number of hydrogen-bond acceptors (Lipinski definition) is 5. The first-order valence-corrected chi connectivity index (χ1v) is 8.97. The Morgan fingerprint density at radius 3 is 3.00 bits per heavy atom. The number of aromatic nitrogens is 3. The Morgan fingerprint density at radius 1 is 1.40 bits per heavy atom. The summed E-state index contributed by atoms with van der Waals surface area (Å²) in [7, 11) is -2.88. The van der Waals surface area contributed by atoms with E-state index in [1.807, 2.05) is 10.6 Å². The van der Waals surface area contributed by atoms with Gasteiger partial charge in [-0.3, -0.25) is 4.40 Å². The molecule has 1 aliphatic heterocycles. The number of halogens is 1. The molecule has 3 heterocycles. The molecule has 1 aliphatic rings. The highest BCUT2D eigenvalue weighted by atomic mass is 79.9. The fourth-order valence-corrected chi connectivity index (χ4v) is 4.60. The highest BCUT2D eigenvalue weighted by Gasteiger charge is 2.30. The van der Waals surface area contributed by atoms with E-state index in [9.17, 15) is 8.42 Å². The largest absolute Gasteiger partial charge is 0.310 e. The van der Waals surface area contributed by atoms with E-state index < -0.39 is 9.84 Å². The van der Waals surface area contributed by atoms with Gasteiger partial charge in [-0.05, 0) is 28.8 Å². The number of sulfone groups is 1. The Morgan fingerprint density at radius 2 is 2.25 bits per heavy atom. The first kappa shape index (κ1) is 14.0. The van der Waals surface area contributed by atoms with Crippen LogP contribution in [0.15, 0.2) is 23.2 Å². The van der Waals surface area contributed by atoms with Crippen LogP contribution in [0.4, 0.5) is 0 Å². The minimum absolute atomic E-state index is 0.241. The Balaban J connectivity index is 1.67. The molecule has 0 radical (unpaired) electrons. The van der Waals surface area contributed by atoms with Crippen molar-refractivity contribution in [3.8, 4) is 0 Å². The van der Waals surface area contributed by atoms with Gasteiger partial charge in [0.15, 0.2) is 15.5 Å². The van der Waals surface area contributed by atoms with Crippen molar-refractivity contribution >= 4 is 31.4 Å². The van der Waals surface area contributed by atoms with E-state index >= 15 is 0 Å². The maximum atomic E-state index is 11.7. The highest BCUT2D eigenvalue weighted by Crippen LogP contribution is 2.19. The molecule has 1 N–H and O–H groups in total. The minimum Gasteiger partial charge on any atom is -0.310 e. The molecule has 1 saturated heterocycles. The minimum atomic E-state index is -2.88. The molecule has 0 spiro atoms. The molecule has 0 saturated carbocycles. The summed E-state index contributed by atoms with van der Waals surface area (Å²) < 4.78 is 26.2. The summed E-state index contributed by atoms with van der Waals surface area (Å²) in [5, 5.41) is 2.98. The van der Waals surface area contributed by atoms with Gasteiger partial charge in [0.1, 0.15) is 4.60 Å². The van der Waals surface area contributed by atoms with Crippen LogP contribution in [-0.2, 0) is 16.4 Å². The maximum absolute atomic E-state index is 11.7. The van der Waals surface area contributed by atoms with E-state index in [-0.39, 0.29) is 5.25 Å². The van der Waals surface area contributed by atoms with E-state index in [4.69, 9.17) is 0 Å². The average molecular weight is 359 g/mol. The zero-order valence-electron chi connectivity index (χ0n) is 10.8. The zero-order valence-corrected chi connectivity index (χ0v) is 13.2. The summed E-state index contributed by atoms with van der Waals surface area (Å²) in [6.07, 6.45) is 6.86. The van der Waals surface area contributed by atoms with Crippen molar-refractivity contribution in [3.63, 3.8) is 0 Å². The van der Waals surface area contributed by atoms with Gasteiger partial charge >= 0.3 is 0 Å². The van der Waals surface area contributed by atoms with Gasteiger partial charge in [-0.2, -0.15) is 0 Å². The van der Waals surface area contributed by atoms with Gasteiger partial charge in [0.2, 0.25) is 0 Å². The van der Waals surface area contributed by atoms with Crippen LogP contribution in [0, 0.1) is 0 Å². The average Bonchev–Trinajstić information content (AvgIpc) is 2.94. The fraction of sp³-hybridized carbons (Fsp3) is 0.500. The number of fused-ring (bicyclic) bond motifs is 1. The lowest BCUT2D eigenvalue weighted by molar-refractivity contribution is 0.572. The Hall–Kier alpha value is -0.990. The zero-order chi connectivity index (χ0) is 14.2. The van der Waals surface area contributed by atoms with E-state index in [0.29, 0.717) is 18.8 Å². The molecule has 2 aromatic rings. The number of nitrogens with zero attached hydrogens (tertiary/aromatic N) is 3. The molecule has 8 heteroatoms. The van der Waals surface area contributed by atoms with Crippen molar-refractivity contribution in [1.82, 2.24) is 19.7 Å². The van der Waals surface area contributed by atoms with Crippen molar-refractivity contribution in [3.05, 3.63) is 28.9 Å². The number of nitrogens with one attached hydrogen (secondary N) is 1. The highest BCUT2D eigenvalue weighted by molar-refractivity contribution is 9.10. The summed E-state index contributed by atoms with van der Waals surface area (Å²) in [5.41, 5.74) is 1.76. The second-order valence-electron chi connectivity index (χ2n) is 4.95. The third-order valence-corrected chi connectivity index (χ3v) is 6.27. The van der Waals surface area contributed by atoms with Crippen molar-refractivity contribution in [2.45, 2.75) is 24.6 Å². The second kappa shape index (κ2) is 5.42. The predicted molar refractivity (Wildman–Crippen MR) is 79.2 cm³/mol. The van der Waals surface area contributed by atoms with Crippen LogP contribution in [0.3, 0.4) is 0 Å². The molecule has 3 rings (SSSR count). The SMILES string of the molecule is O=S1(=O)CCCC1CNCc1cnc2cnc(Br)cn12. The molecular formula is C12H15BrN4O2S. The topological polar surface area (TPSA) is 76.4 Å². The van der Waals surface area contributed by atoms with Gasteiger partial charge in [0.05, 0.1) is 29.1 Å². The molecule has 0 amide bonds. The first-order valence-electron chi connectivity index (χ1n) is 6.46. The van der Waals surface area contributed by atoms with Crippen molar-refractivity contribution < 1.29 is 8.42 Å². The monoisotopic (exact) mass is 358 g/mol.